The van der Waals surface area contributed by atoms with Crippen molar-refractivity contribution in [2.24, 2.45) is 5.92 Å². The Bertz CT molecular complexity index is 434. The molecule has 0 radical (unpaired) electrons. The van der Waals surface area contributed by atoms with Gasteiger partial charge in [-0.15, -0.1) is 0 Å². The number of hydrogen-bond donors (Lipinski definition) is 0. The van der Waals surface area contributed by atoms with Gasteiger partial charge in [-0.1, -0.05) is 13.0 Å². The number of carbonyl (C=O) groups is 1. The van der Waals surface area contributed by atoms with Gasteiger partial charge in [-0.25, -0.2) is 4.79 Å². The molecule has 9 heteroatoms. The van der Waals surface area contributed by atoms with Crippen molar-refractivity contribution in [2.75, 3.05) is 6.61 Å². The molecule has 0 aromatic heterocycles. The molecule has 154 valence electrons. The maximum absolute atomic E-state index is 11.6. The average molecular weight is 437 g/mol. The molecule has 0 aromatic carbocycles. The molecule has 0 fully saturated rings. The van der Waals surface area contributed by atoms with Gasteiger partial charge in [0.25, 0.3) is 0 Å². The minimum Gasteiger partial charge on any atom is -0.462 e. The van der Waals surface area contributed by atoms with Gasteiger partial charge in [0.05, 0.1) is 6.61 Å². The third-order valence-electron chi connectivity index (χ3n) is 2.80. The molecular weight excluding hydrogens is 397 g/mol. The van der Waals surface area contributed by atoms with E-state index < -0.39 is 33.8 Å². The lowest BCUT2D eigenvalue weighted by atomic mass is 10.2. The van der Waals surface area contributed by atoms with Crippen molar-refractivity contribution in [3.8, 4) is 0 Å². The van der Waals surface area contributed by atoms with Crippen LogP contribution in [-0.2, 0) is 21.9 Å². The SMILES string of the molecule is CC=CC(=O)OCC(C)C[Si](O[Si](C)(C)C)(O[Si](C)(C)C)O[Si](C)(C)C. The lowest BCUT2D eigenvalue weighted by molar-refractivity contribution is -0.138. The maximum atomic E-state index is 11.6. The fraction of sp³-hybridized carbons (Fsp3) is 0.824. The second kappa shape index (κ2) is 9.94. The smallest absolute Gasteiger partial charge is 0.462 e. The Morgan fingerprint density at radius 3 is 1.54 bits per heavy atom. The van der Waals surface area contributed by atoms with Crippen LogP contribution >= 0.6 is 0 Å². The number of rotatable bonds is 11. The molecular formula is C17H40O5Si4. The van der Waals surface area contributed by atoms with Crippen LogP contribution in [0.15, 0.2) is 12.2 Å². The number of hydrogen-bond acceptors (Lipinski definition) is 5. The molecule has 0 aliphatic heterocycles. The minimum absolute atomic E-state index is 0.111. The van der Waals surface area contributed by atoms with Gasteiger partial charge in [0, 0.05) is 12.1 Å². The number of ether oxygens (including phenoxy) is 1. The van der Waals surface area contributed by atoms with Crippen LogP contribution in [0.2, 0.25) is 65.0 Å². The Kier molecular flexibility index (Phi) is 9.93. The summed E-state index contributed by atoms with van der Waals surface area (Å²) in [5.41, 5.74) is 0. The van der Waals surface area contributed by atoms with Crippen LogP contribution in [0.25, 0.3) is 0 Å². The highest BCUT2D eigenvalue weighted by atomic mass is 28.5. The Morgan fingerprint density at radius 1 is 0.846 bits per heavy atom. The lowest BCUT2D eigenvalue weighted by Gasteiger charge is -2.43. The highest BCUT2D eigenvalue weighted by molar-refractivity contribution is 6.90. The number of esters is 1. The third-order valence-corrected chi connectivity index (χ3v) is 15.1. The van der Waals surface area contributed by atoms with Crippen molar-refractivity contribution in [3.05, 3.63) is 12.2 Å². The summed E-state index contributed by atoms with van der Waals surface area (Å²) < 4.78 is 25.3. The van der Waals surface area contributed by atoms with Crippen molar-refractivity contribution in [1.29, 1.82) is 0 Å². The van der Waals surface area contributed by atoms with Gasteiger partial charge in [0.2, 0.25) is 0 Å². The summed E-state index contributed by atoms with van der Waals surface area (Å²) in [6.45, 7) is 23.8. The molecule has 1 unspecified atom stereocenters. The Balaban J connectivity index is 5.52. The normalized spacial score (nSPS) is 15.3. The Hall–Kier alpha value is -0.0425. The van der Waals surface area contributed by atoms with Gasteiger partial charge in [0.1, 0.15) is 0 Å². The third kappa shape index (κ3) is 13.2. The van der Waals surface area contributed by atoms with Crippen LogP contribution in [0.3, 0.4) is 0 Å². The van der Waals surface area contributed by atoms with Gasteiger partial charge < -0.3 is 17.1 Å². The molecule has 26 heavy (non-hydrogen) atoms. The first kappa shape index (κ1) is 26.0. The van der Waals surface area contributed by atoms with Crippen molar-refractivity contribution in [1.82, 2.24) is 0 Å². The molecule has 5 nitrogen and oxygen atoms in total. The van der Waals surface area contributed by atoms with Gasteiger partial charge in [-0.3, -0.25) is 0 Å². The summed E-state index contributed by atoms with van der Waals surface area (Å²) in [5, 5.41) is 0. The molecule has 0 rings (SSSR count). The van der Waals surface area contributed by atoms with E-state index >= 15 is 0 Å². The van der Waals surface area contributed by atoms with Gasteiger partial charge in [-0.2, -0.15) is 0 Å². The van der Waals surface area contributed by atoms with Crippen LogP contribution in [0.1, 0.15) is 13.8 Å². The number of carbonyl (C=O) groups excluding carboxylic acids is 1. The van der Waals surface area contributed by atoms with E-state index in [0.29, 0.717) is 12.7 Å². The van der Waals surface area contributed by atoms with Gasteiger partial charge >= 0.3 is 14.8 Å². The zero-order valence-electron chi connectivity index (χ0n) is 18.7. The summed E-state index contributed by atoms with van der Waals surface area (Å²) in [6, 6.07) is 0.676. The second-order valence-electron chi connectivity index (χ2n) is 9.77. The van der Waals surface area contributed by atoms with E-state index in [4.69, 9.17) is 17.1 Å². The highest BCUT2D eigenvalue weighted by Gasteiger charge is 2.50. The fourth-order valence-electron chi connectivity index (χ4n) is 2.48. The minimum atomic E-state index is -2.88. The van der Waals surface area contributed by atoms with E-state index in [2.05, 4.69) is 65.8 Å². The van der Waals surface area contributed by atoms with Crippen LogP contribution in [0.4, 0.5) is 0 Å². The van der Waals surface area contributed by atoms with E-state index in [9.17, 15) is 4.79 Å². The van der Waals surface area contributed by atoms with Gasteiger partial charge in [-0.05, 0) is 71.8 Å². The molecule has 0 heterocycles. The molecule has 0 aromatic rings. The largest absolute Gasteiger partial charge is 0.469 e. The fourth-order valence-corrected chi connectivity index (χ4v) is 17.3. The zero-order valence-corrected chi connectivity index (χ0v) is 22.7. The summed E-state index contributed by atoms with van der Waals surface area (Å²) in [4.78, 5) is 11.6. The van der Waals surface area contributed by atoms with Crippen molar-refractivity contribution in [3.63, 3.8) is 0 Å². The van der Waals surface area contributed by atoms with Crippen LogP contribution in [-0.4, -0.2) is 46.3 Å². The summed E-state index contributed by atoms with van der Waals surface area (Å²) in [7, 11) is -8.52. The van der Waals surface area contributed by atoms with Gasteiger partial charge in [0.15, 0.2) is 25.0 Å². The summed E-state index contributed by atoms with van der Waals surface area (Å²) in [6.07, 6.45) is 3.12. The van der Waals surface area contributed by atoms with E-state index in [1.165, 1.54) is 6.08 Å². The number of allylic oxidation sites excluding steroid dienone is 1. The molecule has 0 saturated heterocycles. The monoisotopic (exact) mass is 436 g/mol. The highest BCUT2D eigenvalue weighted by Crippen LogP contribution is 2.31. The molecule has 0 bridgehead atoms. The Morgan fingerprint density at radius 2 is 1.23 bits per heavy atom. The molecule has 0 spiro atoms. The van der Waals surface area contributed by atoms with Crippen LogP contribution in [0, 0.1) is 5.92 Å². The molecule has 0 aliphatic carbocycles. The quantitative estimate of drug-likeness (QED) is 0.252. The van der Waals surface area contributed by atoms with E-state index in [-0.39, 0.29) is 11.9 Å². The van der Waals surface area contributed by atoms with Crippen LogP contribution in [0.5, 0.6) is 0 Å². The Labute approximate surface area is 165 Å². The average Bonchev–Trinajstić information content (AvgIpc) is 2.29. The summed E-state index contributed by atoms with van der Waals surface area (Å²) in [5.74, 6) is -0.199. The van der Waals surface area contributed by atoms with Crippen LogP contribution < -0.4 is 0 Å². The zero-order chi connectivity index (χ0) is 20.8. The molecule has 0 N–H and O–H groups in total. The van der Waals surface area contributed by atoms with Crippen molar-refractivity contribution >= 4 is 39.7 Å². The molecule has 0 amide bonds. The topological polar surface area (TPSA) is 54.0 Å². The molecule has 0 saturated carbocycles. The van der Waals surface area contributed by atoms with E-state index in [1.807, 2.05) is 0 Å². The first-order valence-electron chi connectivity index (χ1n) is 9.37. The summed E-state index contributed by atoms with van der Waals surface area (Å²) >= 11 is 0. The maximum Gasteiger partial charge on any atom is 0.469 e. The van der Waals surface area contributed by atoms with Crippen molar-refractivity contribution in [2.45, 2.75) is 78.8 Å². The first-order valence-corrected chi connectivity index (χ1v) is 21.5. The van der Waals surface area contributed by atoms with E-state index in [1.54, 1.807) is 13.0 Å². The predicted octanol–water partition coefficient (Wildman–Crippen LogP) is 5.24. The first-order chi connectivity index (χ1) is 11.5. The predicted molar refractivity (Wildman–Crippen MR) is 119 cm³/mol. The van der Waals surface area contributed by atoms with E-state index in [0.717, 1.165) is 0 Å². The second-order valence-corrected chi connectivity index (χ2v) is 26.7. The molecule has 0 aliphatic rings. The molecule has 1 atom stereocenters. The lowest BCUT2D eigenvalue weighted by Crippen LogP contribution is -2.61. The standard InChI is InChI=1S/C17H40O5Si4/c1-12-13-17(18)19-14-16(2)15-26(20-23(3,4)5,21-24(6,7)8)22-25(9,10)11/h12-13,16H,14-15H2,1-11H3. The van der Waals surface area contributed by atoms with Crippen molar-refractivity contribution < 1.29 is 21.9 Å².